The number of piperazine rings is 1. The largest absolute Gasteiger partial charge is 0.368 e. The van der Waals surface area contributed by atoms with Crippen molar-refractivity contribution in [3.05, 3.63) is 94.0 Å². The zero-order valence-corrected chi connectivity index (χ0v) is 21.7. The van der Waals surface area contributed by atoms with Crippen molar-refractivity contribution in [2.45, 2.75) is 18.4 Å². The molecule has 9 heteroatoms. The first kappa shape index (κ1) is 25.5. The van der Waals surface area contributed by atoms with Crippen LogP contribution in [0.2, 0.25) is 10.0 Å². The van der Waals surface area contributed by atoms with E-state index in [1.807, 2.05) is 55.5 Å². The van der Waals surface area contributed by atoms with E-state index < -0.39 is 10.0 Å². The molecule has 1 fully saturated rings. The van der Waals surface area contributed by atoms with Crippen LogP contribution in [0.25, 0.3) is 0 Å². The van der Waals surface area contributed by atoms with Crippen LogP contribution in [-0.2, 0) is 21.4 Å². The van der Waals surface area contributed by atoms with E-state index >= 15 is 0 Å². The number of carbonyl (C=O) groups is 1. The van der Waals surface area contributed by atoms with E-state index in [4.69, 9.17) is 23.2 Å². The molecule has 1 saturated heterocycles. The molecule has 3 aromatic carbocycles. The molecule has 35 heavy (non-hydrogen) atoms. The van der Waals surface area contributed by atoms with Crippen LogP contribution in [0.5, 0.6) is 0 Å². The highest BCUT2D eigenvalue weighted by molar-refractivity contribution is 7.89. The number of amides is 1. The second kappa shape index (κ2) is 11.0. The Hall–Kier alpha value is -2.58. The Morgan fingerprint density at radius 1 is 0.886 bits per heavy atom. The van der Waals surface area contributed by atoms with Gasteiger partial charge >= 0.3 is 0 Å². The molecule has 4 rings (SSSR count). The third kappa shape index (κ3) is 6.35. The van der Waals surface area contributed by atoms with Crippen LogP contribution in [0, 0.1) is 6.92 Å². The molecule has 0 saturated carbocycles. The van der Waals surface area contributed by atoms with Gasteiger partial charge in [-0.3, -0.25) is 4.79 Å². The zero-order chi connectivity index (χ0) is 25.0. The Morgan fingerprint density at radius 2 is 1.54 bits per heavy atom. The first-order valence-corrected chi connectivity index (χ1v) is 13.5. The van der Waals surface area contributed by atoms with Crippen molar-refractivity contribution in [1.82, 2.24) is 9.21 Å². The standard InChI is InChI=1S/C26H27Cl2N3O3S/c1-20-5-7-21(8-6-20)18-31(35(33,34)25-11-9-22(27)10-12-25)19-26(32)30-15-13-29(14-16-30)24-4-2-3-23(28)17-24/h2-12,17H,13-16,18-19H2,1H3. The Balaban J connectivity index is 1.50. The number of halogens is 2. The van der Waals surface area contributed by atoms with Gasteiger partial charge < -0.3 is 9.80 Å². The van der Waals surface area contributed by atoms with E-state index in [0.717, 1.165) is 16.8 Å². The number of hydrogen-bond acceptors (Lipinski definition) is 4. The van der Waals surface area contributed by atoms with Crippen LogP contribution < -0.4 is 4.90 Å². The van der Waals surface area contributed by atoms with Crippen molar-refractivity contribution in [3.63, 3.8) is 0 Å². The fourth-order valence-corrected chi connectivity index (χ4v) is 5.70. The number of sulfonamides is 1. The number of rotatable bonds is 7. The van der Waals surface area contributed by atoms with E-state index in [1.54, 1.807) is 4.90 Å². The summed E-state index contributed by atoms with van der Waals surface area (Å²) in [5, 5.41) is 1.11. The average molecular weight is 532 g/mol. The van der Waals surface area contributed by atoms with Crippen molar-refractivity contribution < 1.29 is 13.2 Å². The molecule has 184 valence electrons. The number of anilines is 1. The molecule has 0 atom stereocenters. The highest BCUT2D eigenvalue weighted by Crippen LogP contribution is 2.23. The number of nitrogens with zero attached hydrogens (tertiary/aromatic N) is 3. The fourth-order valence-electron chi connectivity index (χ4n) is 4.02. The molecule has 1 heterocycles. The van der Waals surface area contributed by atoms with E-state index in [2.05, 4.69) is 4.90 Å². The molecule has 1 amide bonds. The van der Waals surface area contributed by atoms with Gasteiger partial charge in [0.05, 0.1) is 11.4 Å². The molecular formula is C26H27Cl2N3O3S. The maximum absolute atomic E-state index is 13.5. The molecule has 6 nitrogen and oxygen atoms in total. The van der Waals surface area contributed by atoms with Crippen molar-refractivity contribution in [3.8, 4) is 0 Å². The third-order valence-corrected chi connectivity index (χ3v) is 8.34. The van der Waals surface area contributed by atoms with Crippen LogP contribution >= 0.6 is 23.2 Å². The van der Waals surface area contributed by atoms with Crippen molar-refractivity contribution in [2.75, 3.05) is 37.6 Å². The fraction of sp³-hybridized carbons (Fsp3) is 0.269. The van der Waals surface area contributed by atoms with Crippen LogP contribution in [0.4, 0.5) is 5.69 Å². The molecule has 0 aromatic heterocycles. The molecule has 0 N–H and O–H groups in total. The Bertz CT molecular complexity index is 1270. The van der Waals surface area contributed by atoms with Gasteiger partial charge in [-0.1, -0.05) is 59.1 Å². The van der Waals surface area contributed by atoms with Crippen molar-refractivity contribution in [2.24, 2.45) is 0 Å². The van der Waals surface area contributed by atoms with Crippen LogP contribution in [0.1, 0.15) is 11.1 Å². The molecule has 3 aromatic rings. The maximum atomic E-state index is 13.5. The summed E-state index contributed by atoms with van der Waals surface area (Å²) in [6.07, 6.45) is 0. The normalized spacial score (nSPS) is 14.4. The Labute approximate surface area is 216 Å². The predicted octanol–water partition coefficient (Wildman–Crippen LogP) is 4.84. The lowest BCUT2D eigenvalue weighted by molar-refractivity contribution is -0.131. The Kier molecular flexibility index (Phi) is 8.02. The molecule has 0 aliphatic carbocycles. The van der Waals surface area contributed by atoms with Crippen LogP contribution in [-0.4, -0.2) is 56.3 Å². The maximum Gasteiger partial charge on any atom is 0.243 e. The topological polar surface area (TPSA) is 60.9 Å². The highest BCUT2D eigenvalue weighted by Gasteiger charge is 2.30. The number of carbonyl (C=O) groups excluding carboxylic acids is 1. The number of hydrogen-bond donors (Lipinski definition) is 0. The molecular weight excluding hydrogens is 505 g/mol. The van der Waals surface area contributed by atoms with Crippen LogP contribution in [0.15, 0.2) is 77.7 Å². The molecule has 0 spiro atoms. The lowest BCUT2D eigenvalue weighted by atomic mass is 10.1. The molecule has 0 radical (unpaired) electrons. The minimum atomic E-state index is -3.92. The second-order valence-electron chi connectivity index (χ2n) is 8.56. The summed E-state index contributed by atoms with van der Waals surface area (Å²) in [5.74, 6) is -0.222. The van der Waals surface area contributed by atoms with Crippen molar-refractivity contribution in [1.29, 1.82) is 0 Å². The highest BCUT2D eigenvalue weighted by atomic mass is 35.5. The summed E-state index contributed by atoms with van der Waals surface area (Å²) in [6, 6.07) is 21.3. The van der Waals surface area contributed by atoms with E-state index in [-0.39, 0.29) is 23.9 Å². The van der Waals surface area contributed by atoms with Crippen LogP contribution in [0.3, 0.4) is 0 Å². The molecule has 1 aliphatic heterocycles. The van der Waals surface area contributed by atoms with Gasteiger partial charge in [0.15, 0.2) is 0 Å². The summed E-state index contributed by atoms with van der Waals surface area (Å²) in [7, 11) is -3.92. The minimum absolute atomic E-state index is 0.0967. The number of aryl methyl sites for hydroxylation is 1. The summed E-state index contributed by atoms with van der Waals surface area (Å²) in [6.45, 7) is 4.13. The van der Waals surface area contributed by atoms with E-state index in [9.17, 15) is 13.2 Å². The average Bonchev–Trinajstić information content (AvgIpc) is 2.85. The molecule has 0 bridgehead atoms. The Morgan fingerprint density at radius 3 is 2.17 bits per heavy atom. The predicted molar refractivity (Wildman–Crippen MR) is 140 cm³/mol. The zero-order valence-electron chi connectivity index (χ0n) is 19.4. The third-order valence-electron chi connectivity index (χ3n) is 6.05. The quantitative estimate of drug-likeness (QED) is 0.437. The summed E-state index contributed by atoms with van der Waals surface area (Å²) >= 11 is 12.1. The van der Waals surface area contributed by atoms with E-state index in [1.165, 1.54) is 28.6 Å². The first-order chi connectivity index (χ1) is 16.7. The number of benzene rings is 3. The van der Waals surface area contributed by atoms with Gasteiger partial charge in [-0.2, -0.15) is 4.31 Å². The second-order valence-corrected chi connectivity index (χ2v) is 11.4. The summed E-state index contributed by atoms with van der Waals surface area (Å²) in [4.78, 5) is 17.2. The first-order valence-electron chi connectivity index (χ1n) is 11.3. The van der Waals surface area contributed by atoms with Gasteiger partial charge in [0.25, 0.3) is 0 Å². The monoisotopic (exact) mass is 531 g/mol. The van der Waals surface area contributed by atoms with Gasteiger partial charge in [0, 0.05) is 48.5 Å². The molecule has 0 unspecified atom stereocenters. The van der Waals surface area contributed by atoms with E-state index in [0.29, 0.717) is 36.2 Å². The minimum Gasteiger partial charge on any atom is -0.368 e. The SMILES string of the molecule is Cc1ccc(CN(CC(=O)N2CCN(c3cccc(Cl)c3)CC2)S(=O)(=O)c2ccc(Cl)cc2)cc1. The van der Waals surface area contributed by atoms with Gasteiger partial charge in [-0.05, 0) is 55.0 Å². The van der Waals surface area contributed by atoms with Crippen molar-refractivity contribution >= 4 is 44.8 Å². The van der Waals surface area contributed by atoms with Gasteiger partial charge in [-0.15, -0.1) is 0 Å². The van der Waals surface area contributed by atoms with Gasteiger partial charge in [-0.25, -0.2) is 8.42 Å². The summed E-state index contributed by atoms with van der Waals surface area (Å²) < 4.78 is 28.2. The van der Waals surface area contributed by atoms with Gasteiger partial charge in [0.1, 0.15) is 0 Å². The summed E-state index contributed by atoms with van der Waals surface area (Å²) in [5.41, 5.74) is 2.90. The lowest BCUT2D eigenvalue weighted by Gasteiger charge is -2.37. The smallest absolute Gasteiger partial charge is 0.243 e. The molecule has 1 aliphatic rings. The lowest BCUT2D eigenvalue weighted by Crippen LogP contribution is -2.51. The van der Waals surface area contributed by atoms with Gasteiger partial charge in [0.2, 0.25) is 15.9 Å².